The van der Waals surface area contributed by atoms with Gasteiger partial charge in [0.15, 0.2) is 0 Å². The van der Waals surface area contributed by atoms with E-state index in [9.17, 15) is 21.0 Å². The Morgan fingerprint density at radius 2 is 0.796 bits per heavy atom. The zero-order chi connectivity index (χ0) is 37.9. The van der Waals surface area contributed by atoms with Gasteiger partial charge >= 0.3 is 6.03 Å². The molecule has 7 nitrogen and oxygen atoms in total. The lowest BCUT2D eigenvalue weighted by Gasteiger charge is -2.47. The molecule has 2 amide bonds. The number of carbonyl (C=O) groups is 1. The van der Waals surface area contributed by atoms with Gasteiger partial charge in [0, 0.05) is 39.0 Å². The van der Waals surface area contributed by atoms with Crippen LogP contribution in [0.4, 0.5) is 27.5 Å². The van der Waals surface area contributed by atoms with Gasteiger partial charge in [0.2, 0.25) is 13.4 Å². The summed E-state index contributed by atoms with van der Waals surface area (Å²) in [6.45, 7) is 11.3. The Balaban J connectivity index is 1.52. The molecule has 54 heavy (non-hydrogen) atoms. The number of amides is 2. The summed E-state index contributed by atoms with van der Waals surface area (Å²) in [5.41, 5.74) is 15.3. The molecule has 252 valence electrons. The lowest BCUT2D eigenvalue weighted by Crippen LogP contribution is -2.65. The smallest absolute Gasteiger partial charge is 0.263 e. The Hall–Kier alpha value is -7.06. The fourth-order valence-electron chi connectivity index (χ4n) is 9.35. The van der Waals surface area contributed by atoms with Gasteiger partial charge in [-0.15, -0.1) is 0 Å². The second-order valence-corrected chi connectivity index (χ2v) is 14.8. The first-order valence-corrected chi connectivity index (χ1v) is 17.9. The van der Waals surface area contributed by atoms with E-state index in [2.05, 4.69) is 74.5 Å². The van der Waals surface area contributed by atoms with Gasteiger partial charge in [-0.1, -0.05) is 36.4 Å². The third-order valence-electron chi connectivity index (χ3n) is 11.9. The van der Waals surface area contributed by atoms with Crippen molar-refractivity contribution in [3.8, 4) is 24.3 Å². The molecule has 3 heterocycles. The van der Waals surface area contributed by atoms with Gasteiger partial charge in [-0.25, -0.2) is 4.79 Å². The number of rotatable bonds is 2. The van der Waals surface area contributed by atoms with E-state index in [1.807, 2.05) is 37.5 Å². The molecule has 0 N–H and O–H groups in total. The Labute approximate surface area is 314 Å². The van der Waals surface area contributed by atoms with Crippen LogP contribution in [0.3, 0.4) is 0 Å². The average Bonchev–Trinajstić information content (AvgIpc) is 3.16. The minimum Gasteiger partial charge on any atom is -0.263 e. The zero-order valence-electron chi connectivity index (χ0n) is 30.7. The van der Waals surface area contributed by atoms with Gasteiger partial charge in [-0.3, -0.25) is 9.80 Å². The summed E-state index contributed by atoms with van der Waals surface area (Å²) in [5.74, 6) is 0. The van der Waals surface area contributed by atoms with Crippen LogP contribution in [0.1, 0.15) is 55.6 Å². The van der Waals surface area contributed by atoms with Crippen molar-refractivity contribution in [1.82, 2.24) is 0 Å². The van der Waals surface area contributed by atoms with Gasteiger partial charge in [0.25, 0.3) is 0 Å². The van der Waals surface area contributed by atoms with Crippen molar-refractivity contribution in [2.45, 2.75) is 41.5 Å². The first kappa shape index (κ1) is 32.8. The molecule has 9 rings (SSSR count). The summed E-state index contributed by atoms with van der Waals surface area (Å²) in [7, 11) is 0. The number of nitriles is 4. The molecule has 0 saturated heterocycles. The number of fused-ring (bicyclic) bond motifs is 4. The third kappa shape index (κ3) is 4.13. The molecule has 9 heteroatoms. The van der Waals surface area contributed by atoms with Gasteiger partial charge < -0.3 is 0 Å². The average molecular weight is 692 g/mol. The van der Waals surface area contributed by atoms with Crippen LogP contribution in [-0.2, 0) is 0 Å². The molecule has 6 aromatic carbocycles. The Bertz CT molecular complexity index is 2700. The Morgan fingerprint density at radius 3 is 1.15 bits per heavy atom. The topological polar surface area (TPSA) is 119 Å². The van der Waals surface area contributed by atoms with Gasteiger partial charge in [-0.05, 0) is 149 Å². The van der Waals surface area contributed by atoms with Crippen LogP contribution in [0.5, 0.6) is 0 Å². The number of benzene rings is 6. The van der Waals surface area contributed by atoms with Crippen molar-refractivity contribution < 1.29 is 4.79 Å². The number of nitrogens with zero attached hydrogens (tertiary/aromatic N) is 6. The Kier molecular flexibility index (Phi) is 6.97. The summed E-state index contributed by atoms with van der Waals surface area (Å²) < 4.78 is 0. The molecule has 0 bridgehead atoms. The predicted octanol–water partition coefficient (Wildman–Crippen LogP) is 5.25. The van der Waals surface area contributed by atoms with E-state index < -0.39 is 13.4 Å². The first-order chi connectivity index (χ1) is 26.0. The van der Waals surface area contributed by atoms with Gasteiger partial charge in [0.1, 0.15) is 0 Å². The van der Waals surface area contributed by atoms with Crippen molar-refractivity contribution in [1.29, 1.82) is 21.0 Å². The highest BCUT2D eigenvalue weighted by molar-refractivity contribution is 7.00. The van der Waals surface area contributed by atoms with Crippen molar-refractivity contribution in [2.24, 2.45) is 0 Å². The molecule has 0 aromatic heterocycles. The molecule has 0 aliphatic carbocycles. The van der Waals surface area contributed by atoms with Crippen LogP contribution in [0.25, 0.3) is 10.8 Å². The summed E-state index contributed by atoms with van der Waals surface area (Å²) in [5, 5.41) is 43.8. The van der Waals surface area contributed by atoms with Crippen molar-refractivity contribution in [2.75, 3.05) is 9.80 Å². The van der Waals surface area contributed by atoms with E-state index in [-0.39, 0.29) is 6.03 Å². The van der Waals surface area contributed by atoms with Crippen LogP contribution in [0, 0.1) is 86.9 Å². The van der Waals surface area contributed by atoms with Gasteiger partial charge in [0.05, 0.1) is 35.7 Å². The maximum absolute atomic E-state index is 15.7. The van der Waals surface area contributed by atoms with Gasteiger partial charge in [-0.2, -0.15) is 21.0 Å². The standard InChI is InChI=1S/C45H30B2N6O/c1-23-13-33-37(17-25(23)3)52-43-35(46(33)41-29(19-48)9-7-10-30(41)20-49)15-27(5)39-28(6)16-36-44(40(39)43)53(45(52)54)38-18-26(4)24(2)14-34(38)47(36)42-31(21-50)11-8-12-32(42)22-51/h7-18H,1-6H3. The van der Waals surface area contributed by atoms with E-state index in [0.717, 1.165) is 77.4 Å². The number of anilines is 4. The second-order valence-electron chi connectivity index (χ2n) is 14.8. The summed E-state index contributed by atoms with van der Waals surface area (Å²) in [4.78, 5) is 19.4. The van der Waals surface area contributed by atoms with E-state index in [1.54, 1.807) is 36.4 Å². The largest absolute Gasteiger partial charge is 0.338 e. The zero-order valence-corrected chi connectivity index (χ0v) is 30.7. The molecule has 6 aromatic rings. The molecule has 3 aliphatic rings. The maximum atomic E-state index is 15.7. The van der Waals surface area contributed by atoms with Crippen molar-refractivity contribution in [3.05, 3.63) is 128 Å². The van der Waals surface area contributed by atoms with E-state index in [1.165, 1.54) is 0 Å². The summed E-state index contributed by atoms with van der Waals surface area (Å²) in [6, 6.07) is 32.3. The van der Waals surface area contributed by atoms with Crippen LogP contribution >= 0.6 is 0 Å². The number of hydrogen-bond donors (Lipinski definition) is 0. The molecular formula is C45H30B2N6O. The monoisotopic (exact) mass is 692 g/mol. The van der Waals surface area contributed by atoms with E-state index in [4.69, 9.17) is 0 Å². The summed E-state index contributed by atoms with van der Waals surface area (Å²) >= 11 is 0. The fourth-order valence-corrected chi connectivity index (χ4v) is 9.35. The normalized spacial score (nSPS) is 13.2. The number of aryl methyl sites for hydroxylation is 6. The maximum Gasteiger partial charge on any atom is 0.338 e. The second kappa shape index (κ2) is 11.5. The van der Waals surface area contributed by atoms with E-state index in [0.29, 0.717) is 44.6 Å². The van der Waals surface area contributed by atoms with Crippen molar-refractivity contribution >= 4 is 85.8 Å². The highest BCUT2D eigenvalue weighted by Gasteiger charge is 2.50. The number of urea groups is 1. The molecule has 0 atom stereocenters. The minimum absolute atomic E-state index is 0.243. The highest BCUT2D eigenvalue weighted by Crippen LogP contribution is 2.49. The minimum atomic E-state index is -0.518. The number of carbonyl (C=O) groups excluding carboxylic acids is 1. The van der Waals surface area contributed by atoms with Crippen molar-refractivity contribution in [3.63, 3.8) is 0 Å². The molecule has 0 spiro atoms. The third-order valence-corrected chi connectivity index (χ3v) is 11.9. The lowest BCUT2D eigenvalue weighted by atomic mass is 9.32. The van der Waals surface area contributed by atoms with E-state index >= 15 is 4.79 Å². The quantitative estimate of drug-likeness (QED) is 0.230. The lowest BCUT2D eigenvalue weighted by molar-refractivity contribution is 0.255. The SMILES string of the molecule is Cc1cc2c(cc1C)N1C(=O)N3c4cc(C)c(C)cc4B(c4c(C#N)cccc4C#N)c4cc(C)c5c(C)cc(c1c5c43)B2c1c(C#N)cccc1C#N. The first-order valence-electron chi connectivity index (χ1n) is 17.9. The molecule has 0 fully saturated rings. The predicted molar refractivity (Wildman–Crippen MR) is 216 cm³/mol. The fraction of sp³-hybridized carbons (Fsp3) is 0.133. The van der Waals surface area contributed by atoms with Crippen LogP contribution < -0.4 is 42.6 Å². The molecular weight excluding hydrogens is 662 g/mol. The Morgan fingerprint density at radius 1 is 0.463 bits per heavy atom. The number of hydrogen-bond acceptors (Lipinski definition) is 5. The molecule has 3 aliphatic heterocycles. The van der Waals surface area contributed by atoms with Crippen LogP contribution in [0.15, 0.2) is 72.8 Å². The molecule has 0 radical (unpaired) electrons. The molecule has 0 unspecified atom stereocenters. The highest BCUT2D eigenvalue weighted by atomic mass is 16.2. The summed E-state index contributed by atoms with van der Waals surface area (Å²) in [6.07, 6.45) is 0. The van der Waals surface area contributed by atoms with Crippen LogP contribution in [-0.4, -0.2) is 19.5 Å². The van der Waals surface area contributed by atoms with Crippen LogP contribution in [0.2, 0.25) is 0 Å². The molecule has 0 saturated carbocycles.